The average Bonchev–Trinajstić information content (AvgIpc) is 3.09. The monoisotopic (exact) mass is 363 g/mol. The molecule has 3 aromatic rings. The van der Waals surface area contributed by atoms with Crippen LogP contribution in [0.4, 0.5) is 4.39 Å². The van der Waals surface area contributed by atoms with Crippen LogP contribution in [-0.4, -0.2) is 25.7 Å². The zero-order valence-corrected chi connectivity index (χ0v) is 14.0. The summed E-state index contributed by atoms with van der Waals surface area (Å²) in [6.07, 6.45) is 0. The first-order valence-electron chi connectivity index (χ1n) is 7.21. The summed E-state index contributed by atoms with van der Waals surface area (Å²) in [4.78, 5) is 4.07. The maximum Gasteiger partial charge on any atom is 0.242 e. The largest absolute Gasteiger partial charge is 0.497 e. The summed E-state index contributed by atoms with van der Waals surface area (Å²) in [6, 6.07) is 11.9. The summed E-state index contributed by atoms with van der Waals surface area (Å²) in [5, 5.41) is 3.67. The molecule has 25 heavy (non-hydrogen) atoms. The molecule has 9 heteroatoms. The fourth-order valence-corrected chi connectivity index (χ4v) is 3.05. The van der Waals surface area contributed by atoms with Crippen LogP contribution < -0.4 is 9.46 Å². The molecule has 2 aromatic carbocycles. The van der Waals surface area contributed by atoms with E-state index in [0.717, 1.165) is 0 Å². The highest BCUT2D eigenvalue weighted by Gasteiger charge is 2.17. The van der Waals surface area contributed by atoms with Crippen LogP contribution in [0.15, 0.2) is 57.9 Å². The molecule has 0 radical (unpaired) electrons. The smallest absolute Gasteiger partial charge is 0.242 e. The molecule has 0 bridgehead atoms. The van der Waals surface area contributed by atoms with E-state index >= 15 is 0 Å². The molecule has 1 heterocycles. The number of methoxy groups -OCH3 is 1. The highest BCUT2D eigenvalue weighted by atomic mass is 32.2. The van der Waals surface area contributed by atoms with E-state index in [1.807, 2.05) is 0 Å². The first-order valence-corrected chi connectivity index (χ1v) is 8.69. The minimum Gasteiger partial charge on any atom is -0.497 e. The normalized spacial score (nSPS) is 11.4. The second kappa shape index (κ2) is 6.99. The molecule has 130 valence electrons. The van der Waals surface area contributed by atoms with Gasteiger partial charge in [-0.1, -0.05) is 17.3 Å². The summed E-state index contributed by atoms with van der Waals surface area (Å²) in [7, 11) is -2.26. The van der Waals surface area contributed by atoms with Crippen molar-refractivity contribution in [2.45, 2.75) is 11.4 Å². The molecular weight excluding hydrogens is 349 g/mol. The van der Waals surface area contributed by atoms with Crippen LogP contribution in [0.3, 0.4) is 0 Å². The maximum absolute atomic E-state index is 13.7. The quantitative estimate of drug-likeness (QED) is 0.722. The van der Waals surface area contributed by atoms with Crippen LogP contribution in [0.25, 0.3) is 11.4 Å². The highest BCUT2D eigenvalue weighted by molar-refractivity contribution is 7.89. The predicted octanol–water partition coefficient (Wildman–Crippen LogP) is 2.36. The Labute approximate surface area is 143 Å². The van der Waals surface area contributed by atoms with Crippen molar-refractivity contribution in [1.29, 1.82) is 0 Å². The van der Waals surface area contributed by atoms with Gasteiger partial charge in [0.25, 0.3) is 0 Å². The number of aromatic nitrogens is 2. The lowest BCUT2D eigenvalue weighted by Crippen LogP contribution is -2.23. The van der Waals surface area contributed by atoms with Crippen molar-refractivity contribution < 1.29 is 22.1 Å². The lowest BCUT2D eigenvalue weighted by Gasteiger charge is -2.05. The molecule has 7 nitrogen and oxygen atoms in total. The van der Waals surface area contributed by atoms with Gasteiger partial charge < -0.3 is 9.26 Å². The zero-order valence-electron chi connectivity index (χ0n) is 13.1. The Kier molecular flexibility index (Phi) is 4.77. The molecule has 1 N–H and O–H groups in total. The van der Waals surface area contributed by atoms with E-state index in [0.29, 0.717) is 5.75 Å². The van der Waals surface area contributed by atoms with Crippen molar-refractivity contribution in [3.05, 3.63) is 60.2 Å². The minimum atomic E-state index is -3.75. The number of ether oxygens (including phenoxy) is 1. The second-order valence-electron chi connectivity index (χ2n) is 4.99. The van der Waals surface area contributed by atoms with Crippen molar-refractivity contribution in [2.75, 3.05) is 7.11 Å². The van der Waals surface area contributed by atoms with E-state index in [1.54, 1.807) is 12.1 Å². The molecule has 0 saturated carbocycles. The molecule has 0 amide bonds. The Morgan fingerprint density at radius 1 is 1.16 bits per heavy atom. The lowest BCUT2D eigenvalue weighted by atomic mass is 10.2. The number of benzene rings is 2. The van der Waals surface area contributed by atoms with Crippen molar-refractivity contribution in [3.8, 4) is 17.1 Å². The van der Waals surface area contributed by atoms with Crippen LogP contribution in [0.2, 0.25) is 0 Å². The maximum atomic E-state index is 13.7. The van der Waals surface area contributed by atoms with Gasteiger partial charge in [-0.3, -0.25) is 0 Å². The molecule has 0 spiro atoms. The number of hydrogen-bond donors (Lipinski definition) is 1. The first kappa shape index (κ1) is 17.1. The molecule has 0 unspecified atom stereocenters. The molecule has 0 aliphatic heterocycles. The number of halogens is 1. The minimum absolute atomic E-state index is 0.0235. The number of hydrogen-bond acceptors (Lipinski definition) is 6. The molecule has 0 aliphatic rings. The lowest BCUT2D eigenvalue weighted by molar-refractivity contribution is 0.375. The topological polar surface area (TPSA) is 94.3 Å². The standard InChI is InChI=1S/C16H14FN3O4S/c1-23-11-6-8-12(9-7-11)25(21,22)18-10-15-19-16(20-24-15)13-4-2-3-5-14(13)17/h2-9,18H,10H2,1H3. The molecule has 0 fully saturated rings. The van der Waals surface area contributed by atoms with E-state index in [4.69, 9.17) is 9.26 Å². The van der Waals surface area contributed by atoms with Gasteiger partial charge in [-0.15, -0.1) is 0 Å². The van der Waals surface area contributed by atoms with E-state index < -0.39 is 15.8 Å². The van der Waals surface area contributed by atoms with Gasteiger partial charge in [0.1, 0.15) is 11.6 Å². The number of nitrogens with one attached hydrogen (secondary N) is 1. The first-order chi connectivity index (χ1) is 12.0. The number of nitrogens with zero attached hydrogens (tertiary/aromatic N) is 2. The van der Waals surface area contributed by atoms with Gasteiger partial charge in [-0.25, -0.2) is 17.5 Å². The van der Waals surface area contributed by atoms with Crippen LogP contribution >= 0.6 is 0 Å². The molecule has 0 atom stereocenters. The molecule has 1 aromatic heterocycles. The van der Waals surface area contributed by atoms with Crippen LogP contribution in [0, 0.1) is 5.82 Å². The molecule has 3 rings (SSSR count). The van der Waals surface area contributed by atoms with E-state index in [9.17, 15) is 12.8 Å². The molecule has 0 aliphatic carbocycles. The van der Waals surface area contributed by atoms with Gasteiger partial charge in [0.05, 0.1) is 24.1 Å². The fraction of sp³-hybridized carbons (Fsp3) is 0.125. The third-order valence-corrected chi connectivity index (χ3v) is 4.78. The summed E-state index contributed by atoms with van der Waals surface area (Å²) in [5.41, 5.74) is 0.176. The van der Waals surface area contributed by atoms with Gasteiger partial charge in [0.15, 0.2) is 0 Å². The average molecular weight is 363 g/mol. The Morgan fingerprint density at radius 2 is 1.88 bits per heavy atom. The van der Waals surface area contributed by atoms with Gasteiger partial charge in [-0.2, -0.15) is 4.98 Å². The zero-order chi connectivity index (χ0) is 17.9. The van der Waals surface area contributed by atoms with Gasteiger partial charge in [0, 0.05) is 0 Å². The Hall–Kier alpha value is -2.78. The van der Waals surface area contributed by atoms with Crippen molar-refractivity contribution >= 4 is 10.0 Å². The fourth-order valence-electron chi connectivity index (χ4n) is 2.07. The van der Waals surface area contributed by atoms with E-state index in [1.165, 1.54) is 43.5 Å². The SMILES string of the molecule is COc1ccc(S(=O)(=O)NCc2nc(-c3ccccc3F)no2)cc1. The van der Waals surface area contributed by atoms with Gasteiger partial charge in [-0.05, 0) is 36.4 Å². The van der Waals surface area contributed by atoms with Gasteiger partial charge in [0.2, 0.25) is 21.7 Å². The summed E-state index contributed by atoms with van der Waals surface area (Å²) in [5.74, 6) is 0.131. The van der Waals surface area contributed by atoms with E-state index in [-0.39, 0.29) is 28.7 Å². The number of rotatable bonds is 6. The number of sulfonamides is 1. The van der Waals surface area contributed by atoms with Gasteiger partial charge >= 0.3 is 0 Å². The van der Waals surface area contributed by atoms with Crippen molar-refractivity contribution in [2.24, 2.45) is 0 Å². The summed E-state index contributed by atoms with van der Waals surface area (Å²) >= 11 is 0. The van der Waals surface area contributed by atoms with Crippen LogP contribution in [0.1, 0.15) is 5.89 Å². The third kappa shape index (κ3) is 3.83. The summed E-state index contributed by atoms with van der Waals surface area (Å²) in [6.45, 7) is -0.212. The van der Waals surface area contributed by atoms with Crippen LogP contribution in [0.5, 0.6) is 5.75 Å². The molecule has 0 saturated heterocycles. The molecular formula is C16H14FN3O4S. The highest BCUT2D eigenvalue weighted by Crippen LogP contribution is 2.19. The van der Waals surface area contributed by atoms with E-state index in [2.05, 4.69) is 14.9 Å². The summed E-state index contributed by atoms with van der Waals surface area (Å²) < 4.78 is 50.5. The second-order valence-corrected chi connectivity index (χ2v) is 6.76. The van der Waals surface area contributed by atoms with Crippen LogP contribution in [-0.2, 0) is 16.6 Å². The Bertz CT molecular complexity index is 971. The third-order valence-electron chi connectivity index (χ3n) is 3.37. The van der Waals surface area contributed by atoms with Crippen molar-refractivity contribution in [3.63, 3.8) is 0 Å². The Balaban J connectivity index is 1.72. The predicted molar refractivity (Wildman–Crippen MR) is 86.7 cm³/mol. The Morgan fingerprint density at radius 3 is 2.56 bits per heavy atom. The van der Waals surface area contributed by atoms with Crippen molar-refractivity contribution in [1.82, 2.24) is 14.9 Å².